The lowest BCUT2D eigenvalue weighted by atomic mass is 10.1. The van der Waals surface area contributed by atoms with Crippen molar-refractivity contribution in [2.75, 3.05) is 18.0 Å². The molecule has 0 saturated carbocycles. The Balaban J connectivity index is 1.70. The number of halogens is 2. The molecule has 26 heavy (non-hydrogen) atoms. The van der Waals surface area contributed by atoms with Crippen LogP contribution in [-0.4, -0.2) is 33.4 Å². The van der Waals surface area contributed by atoms with Crippen LogP contribution in [0, 0.1) is 18.6 Å². The van der Waals surface area contributed by atoms with Gasteiger partial charge in [-0.2, -0.15) is 16.9 Å². The lowest BCUT2D eigenvalue weighted by molar-refractivity contribution is 0.573. The maximum atomic E-state index is 14.6. The van der Waals surface area contributed by atoms with Gasteiger partial charge in [-0.05, 0) is 37.3 Å². The van der Waals surface area contributed by atoms with Crippen LogP contribution in [0.4, 0.5) is 14.5 Å². The Hall–Kier alpha value is -2.08. The van der Waals surface area contributed by atoms with Crippen molar-refractivity contribution >= 4 is 28.4 Å². The highest BCUT2D eigenvalue weighted by molar-refractivity contribution is 8.00. The van der Waals surface area contributed by atoms with Crippen molar-refractivity contribution in [3.05, 3.63) is 53.7 Å². The van der Waals surface area contributed by atoms with Gasteiger partial charge in [-0.25, -0.2) is 13.5 Å². The molecule has 0 radical (unpaired) electrons. The number of fused-ring (bicyclic) bond motifs is 1. The van der Waals surface area contributed by atoms with Crippen LogP contribution in [0.3, 0.4) is 0 Å². The molecule has 136 valence electrons. The normalized spacial score (nSPS) is 20.7. The molecule has 0 N–H and O–H groups in total. The van der Waals surface area contributed by atoms with Gasteiger partial charge in [0.25, 0.3) is 0 Å². The van der Waals surface area contributed by atoms with Crippen LogP contribution in [0.25, 0.3) is 16.6 Å². The molecule has 1 fully saturated rings. The van der Waals surface area contributed by atoms with E-state index in [-0.39, 0.29) is 5.56 Å². The Labute approximate surface area is 156 Å². The van der Waals surface area contributed by atoms with Crippen molar-refractivity contribution in [3.8, 4) is 5.69 Å². The fourth-order valence-corrected chi connectivity index (χ4v) is 4.93. The second kappa shape index (κ2) is 6.58. The number of anilines is 1. The van der Waals surface area contributed by atoms with Gasteiger partial charge in [-0.15, -0.1) is 0 Å². The van der Waals surface area contributed by atoms with Crippen molar-refractivity contribution in [1.29, 1.82) is 0 Å². The highest BCUT2D eigenvalue weighted by Crippen LogP contribution is 2.30. The molecule has 0 spiro atoms. The molecular weight excluding hydrogens is 352 g/mol. The second-order valence-electron chi connectivity index (χ2n) is 6.97. The molecule has 2 unspecified atom stereocenters. The fraction of sp³-hybridized carbons (Fsp3) is 0.350. The number of hydrogen-bond donors (Lipinski definition) is 0. The van der Waals surface area contributed by atoms with E-state index in [0.29, 0.717) is 21.4 Å². The molecule has 2 heterocycles. The van der Waals surface area contributed by atoms with Gasteiger partial charge < -0.3 is 4.90 Å². The number of hydrogen-bond acceptors (Lipinski definition) is 3. The van der Waals surface area contributed by atoms with Crippen LogP contribution >= 0.6 is 11.8 Å². The molecule has 2 atom stereocenters. The number of benzene rings is 2. The van der Waals surface area contributed by atoms with Crippen molar-refractivity contribution in [2.24, 2.45) is 0 Å². The van der Waals surface area contributed by atoms with Crippen molar-refractivity contribution < 1.29 is 8.78 Å². The Bertz CT molecular complexity index is 942. The van der Waals surface area contributed by atoms with Gasteiger partial charge in [-0.1, -0.05) is 13.8 Å². The molecule has 1 saturated heterocycles. The summed E-state index contributed by atoms with van der Waals surface area (Å²) in [7, 11) is 0. The van der Waals surface area contributed by atoms with Crippen molar-refractivity contribution in [2.45, 2.75) is 31.3 Å². The SMILES string of the molecule is Cc1c(F)cc2cnn(-c3ccc(N4CC(C)SC(C)C4)cc3)c2c1F. The molecule has 2 aromatic carbocycles. The lowest BCUT2D eigenvalue weighted by Gasteiger charge is -2.36. The first-order valence-corrected chi connectivity index (χ1v) is 9.71. The van der Waals surface area contributed by atoms with Crippen molar-refractivity contribution in [1.82, 2.24) is 9.78 Å². The van der Waals surface area contributed by atoms with E-state index in [9.17, 15) is 8.78 Å². The number of nitrogens with zero attached hydrogens (tertiary/aromatic N) is 3. The molecule has 3 aromatic rings. The minimum atomic E-state index is -0.558. The average Bonchev–Trinajstić information content (AvgIpc) is 3.03. The van der Waals surface area contributed by atoms with Gasteiger partial charge in [0.2, 0.25) is 0 Å². The second-order valence-corrected chi connectivity index (χ2v) is 8.85. The average molecular weight is 373 g/mol. The first-order chi connectivity index (χ1) is 12.4. The van der Waals surface area contributed by atoms with Crippen LogP contribution in [-0.2, 0) is 0 Å². The Kier molecular flexibility index (Phi) is 4.39. The zero-order valence-corrected chi connectivity index (χ0v) is 15.9. The first-order valence-electron chi connectivity index (χ1n) is 8.77. The smallest absolute Gasteiger partial charge is 0.155 e. The third kappa shape index (κ3) is 2.96. The van der Waals surface area contributed by atoms with E-state index in [1.54, 1.807) is 0 Å². The topological polar surface area (TPSA) is 21.1 Å². The van der Waals surface area contributed by atoms with Crippen LogP contribution in [0.1, 0.15) is 19.4 Å². The van der Waals surface area contributed by atoms with E-state index in [1.165, 1.54) is 23.9 Å². The molecule has 0 amide bonds. The summed E-state index contributed by atoms with van der Waals surface area (Å²) >= 11 is 2.02. The summed E-state index contributed by atoms with van der Waals surface area (Å²) in [4.78, 5) is 2.39. The van der Waals surface area contributed by atoms with Crippen LogP contribution in [0.15, 0.2) is 36.5 Å². The third-order valence-electron chi connectivity index (χ3n) is 4.85. The summed E-state index contributed by atoms with van der Waals surface area (Å²) < 4.78 is 29.9. The van der Waals surface area contributed by atoms with E-state index in [1.807, 2.05) is 36.0 Å². The van der Waals surface area contributed by atoms with Gasteiger partial charge in [0, 0.05) is 40.2 Å². The molecule has 1 aliphatic rings. The van der Waals surface area contributed by atoms with E-state index in [2.05, 4.69) is 23.8 Å². The van der Waals surface area contributed by atoms with Gasteiger partial charge in [0.05, 0.1) is 11.9 Å². The summed E-state index contributed by atoms with van der Waals surface area (Å²) in [6.07, 6.45) is 1.50. The van der Waals surface area contributed by atoms with Gasteiger partial charge in [0.1, 0.15) is 11.3 Å². The predicted octanol–water partition coefficient (Wildman–Crippen LogP) is 4.94. The maximum absolute atomic E-state index is 14.6. The summed E-state index contributed by atoms with van der Waals surface area (Å²) in [6.45, 7) is 7.99. The maximum Gasteiger partial charge on any atom is 0.155 e. The molecule has 0 bridgehead atoms. The van der Waals surface area contributed by atoms with Gasteiger partial charge in [-0.3, -0.25) is 0 Å². The lowest BCUT2D eigenvalue weighted by Crippen LogP contribution is -2.40. The quantitative estimate of drug-likeness (QED) is 0.635. The predicted molar refractivity (Wildman–Crippen MR) is 104 cm³/mol. The fourth-order valence-electron chi connectivity index (χ4n) is 3.60. The molecule has 1 aliphatic heterocycles. The Morgan fingerprint density at radius 3 is 2.31 bits per heavy atom. The van der Waals surface area contributed by atoms with Crippen LogP contribution < -0.4 is 4.90 Å². The minimum Gasteiger partial charge on any atom is -0.369 e. The molecule has 6 heteroatoms. The van der Waals surface area contributed by atoms with E-state index >= 15 is 0 Å². The first kappa shape index (κ1) is 17.3. The summed E-state index contributed by atoms with van der Waals surface area (Å²) in [6, 6.07) is 9.31. The number of rotatable bonds is 2. The zero-order valence-electron chi connectivity index (χ0n) is 15.0. The summed E-state index contributed by atoms with van der Waals surface area (Å²) in [5, 5.41) is 5.93. The third-order valence-corrected chi connectivity index (χ3v) is 6.08. The monoisotopic (exact) mass is 373 g/mol. The largest absolute Gasteiger partial charge is 0.369 e. The molecule has 4 rings (SSSR count). The summed E-state index contributed by atoms with van der Waals surface area (Å²) in [5.41, 5.74) is 2.26. The van der Waals surface area contributed by atoms with Crippen molar-refractivity contribution in [3.63, 3.8) is 0 Å². The van der Waals surface area contributed by atoms with E-state index in [4.69, 9.17) is 0 Å². The van der Waals surface area contributed by atoms with E-state index in [0.717, 1.165) is 24.5 Å². The summed E-state index contributed by atoms with van der Waals surface area (Å²) in [5.74, 6) is -1.10. The zero-order chi connectivity index (χ0) is 18.4. The molecular formula is C20H21F2N3S. The Morgan fingerprint density at radius 1 is 1.04 bits per heavy atom. The minimum absolute atomic E-state index is 0.0182. The van der Waals surface area contributed by atoms with Crippen LogP contribution in [0.5, 0.6) is 0 Å². The number of thioether (sulfide) groups is 1. The standard InChI is InChI=1S/C20H21F2N3S/c1-12-10-24(11-13(2)26-12)16-4-6-17(7-5-16)25-20-15(9-23-25)8-18(21)14(3)19(20)22/h4-9,12-13H,10-11H2,1-3H3. The number of aromatic nitrogens is 2. The molecule has 1 aromatic heterocycles. The van der Waals surface area contributed by atoms with Gasteiger partial charge in [0.15, 0.2) is 5.82 Å². The molecule has 3 nitrogen and oxygen atoms in total. The van der Waals surface area contributed by atoms with E-state index < -0.39 is 11.6 Å². The Morgan fingerprint density at radius 2 is 1.65 bits per heavy atom. The van der Waals surface area contributed by atoms with Crippen LogP contribution in [0.2, 0.25) is 0 Å². The molecule has 0 aliphatic carbocycles. The highest BCUT2D eigenvalue weighted by Gasteiger charge is 2.22. The highest BCUT2D eigenvalue weighted by atomic mass is 32.2. The van der Waals surface area contributed by atoms with Gasteiger partial charge >= 0.3 is 0 Å².